The number of benzene rings is 1. The molecule has 0 saturated carbocycles. The highest BCUT2D eigenvalue weighted by Crippen LogP contribution is 2.41. The van der Waals surface area contributed by atoms with Gasteiger partial charge in [-0.3, -0.25) is 4.98 Å². The molecule has 0 saturated heterocycles. The number of para-hydroxylation sites is 1. The SMILES string of the molecule is NC(C1COc2ccccc21)C1CCCc2cccnc21. The maximum absolute atomic E-state index is 6.66. The highest BCUT2D eigenvalue weighted by atomic mass is 16.5. The van der Waals surface area contributed by atoms with E-state index in [-0.39, 0.29) is 12.0 Å². The lowest BCUT2D eigenvalue weighted by molar-refractivity contribution is 0.293. The molecular formula is C18H20N2O. The Labute approximate surface area is 125 Å². The first-order chi connectivity index (χ1) is 10.3. The number of rotatable bonds is 2. The van der Waals surface area contributed by atoms with Crippen LogP contribution in [0.25, 0.3) is 0 Å². The van der Waals surface area contributed by atoms with Gasteiger partial charge in [0.05, 0.1) is 6.61 Å². The third-order valence-electron chi connectivity index (χ3n) is 4.90. The molecular weight excluding hydrogens is 260 g/mol. The van der Waals surface area contributed by atoms with Crippen molar-refractivity contribution in [1.82, 2.24) is 4.98 Å². The van der Waals surface area contributed by atoms with Gasteiger partial charge in [0, 0.05) is 35.3 Å². The lowest BCUT2D eigenvalue weighted by atomic mass is 9.76. The summed E-state index contributed by atoms with van der Waals surface area (Å²) >= 11 is 0. The monoisotopic (exact) mass is 280 g/mol. The van der Waals surface area contributed by atoms with Crippen molar-refractivity contribution in [2.24, 2.45) is 5.73 Å². The van der Waals surface area contributed by atoms with Gasteiger partial charge in [-0.05, 0) is 37.0 Å². The lowest BCUT2D eigenvalue weighted by Crippen LogP contribution is -2.37. The third-order valence-corrected chi connectivity index (χ3v) is 4.90. The smallest absolute Gasteiger partial charge is 0.122 e. The van der Waals surface area contributed by atoms with E-state index in [1.165, 1.54) is 23.2 Å². The van der Waals surface area contributed by atoms with Crippen molar-refractivity contribution in [1.29, 1.82) is 0 Å². The second-order valence-corrected chi connectivity index (χ2v) is 6.08. The molecule has 0 bridgehead atoms. The summed E-state index contributed by atoms with van der Waals surface area (Å²) in [7, 11) is 0. The Morgan fingerprint density at radius 3 is 3.00 bits per heavy atom. The molecule has 0 amide bonds. The van der Waals surface area contributed by atoms with E-state index >= 15 is 0 Å². The Balaban J connectivity index is 1.66. The quantitative estimate of drug-likeness (QED) is 0.920. The summed E-state index contributed by atoms with van der Waals surface area (Å²) in [5, 5.41) is 0. The number of hydrogen-bond acceptors (Lipinski definition) is 3. The summed E-state index contributed by atoms with van der Waals surface area (Å²) in [6.45, 7) is 0.694. The Hall–Kier alpha value is -1.87. The third kappa shape index (κ3) is 2.12. The number of hydrogen-bond donors (Lipinski definition) is 1. The van der Waals surface area contributed by atoms with Crippen LogP contribution in [0.15, 0.2) is 42.6 Å². The summed E-state index contributed by atoms with van der Waals surface area (Å²) < 4.78 is 5.81. The summed E-state index contributed by atoms with van der Waals surface area (Å²) in [6, 6.07) is 12.6. The molecule has 2 heterocycles. The van der Waals surface area contributed by atoms with Gasteiger partial charge in [-0.15, -0.1) is 0 Å². The van der Waals surface area contributed by atoms with Crippen LogP contribution < -0.4 is 10.5 Å². The maximum atomic E-state index is 6.66. The van der Waals surface area contributed by atoms with Crippen molar-refractivity contribution < 1.29 is 4.74 Å². The second kappa shape index (κ2) is 5.15. The minimum atomic E-state index is 0.0719. The van der Waals surface area contributed by atoms with Gasteiger partial charge in [0.25, 0.3) is 0 Å². The first kappa shape index (κ1) is 12.8. The molecule has 3 unspecified atom stereocenters. The molecule has 108 valence electrons. The average molecular weight is 280 g/mol. The van der Waals surface area contributed by atoms with Crippen LogP contribution >= 0.6 is 0 Å². The van der Waals surface area contributed by atoms with E-state index < -0.39 is 0 Å². The van der Waals surface area contributed by atoms with E-state index in [0.29, 0.717) is 12.5 Å². The van der Waals surface area contributed by atoms with E-state index in [0.717, 1.165) is 18.6 Å². The van der Waals surface area contributed by atoms with Crippen molar-refractivity contribution in [3.63, 3.8) is 0 Å². The fourth-order valence-electron chi connectivity index (χ4n) is 3.81. The average Bonchev–Trinajstić information content (AvgIpc) is 2.98. The van der Waals surface area contributed by atoms with E-state index in [9.17, 15) is 0 Å². The topological polar surface area (TPSA) is 48.1 Å². The molecule has 2 aromatic rings. The summed E-state index contributed by atoms with van der Waals surface area (Å²) in [4.78, 5) is 4.63. The molecule has 3 heteroatoms. The van der Waals surface area contributed by atoms with Gasteiger partial charge in [0.15, 0.2) is 0 Å². The van der Waals surface area contributed by atoms with Crippen LogP contribution in [-0.4, -0.2) is 17.6 Å². The summed E-state index contributed by atoms with van der Waals surface area (Å²) in [5.41, 5.74) is 10.5. The molecule has 1 aliphatic carbocycles. The van der Waals surface area contributed by atoms with Crippen molar-refractivity contribution in [2.45, 2.75) is 37.1 Å². The molecule has 1 aromatic carbocycles. The highest BCUT2D eigenvalue weighted by Gasteiger charge is 2.36. The van der Waals surface area contributed by atoms with E-state index in [1.807, 2.05) is 24.4 Å². The predicted molar refractivity (Wildman–Crippen MR) is 82.6 cm³/mol. The number of aryl methyl sites for hydroxylation is 1. The van der Waals surface area contributed by atoms with Crippen molar-refractivity contribution >= 4 is 0 Å². The van der Waals surface area contributed by atoms with E-state index in [1.54, 1.807) is 0 Å². The van der Waals surface area contributed by atoms with Gasteiger partial charge in [-0.25, -0.2) is 0 Å². The summed E-state index contributed by atoms with van der Waals surface area (Å²) in [5.74, 6) is 1.61. The molecule has 0 radical (unpaired) electrons. The van der Waals surface area contributed by atoms with E-state index in [2.05, 4.69) is 23.2 Å². The molecule has 2 N–H and O–H groups in total. The Morgan fingerprint density at radius 1 is 1.14 bits per heavy atom. The van der Waals surface area contributed by atoms with Crippen LogP contribution in [0.2, 0.25) is 0 Å². The molecule has 4 rings (SSSR count). The first-order valence-corrected chi connectivity index (χ1v) is 7.75. The minimum absolute atomic E-state index is 0.0719. The zero-order valence-corrected chi connectivity index (χ0v) is 12.0. The summed E-state index contributed by atoms with van der Waals surface area (Å²) in [6.07, 6.45) is 5.35. The van der Waals surface area contributed by atoms with Crippen molar-refractivity contribution in [3.8, 4) is 5.75 Å². The van der Waals surface area contributed by atoms with Gasteiger partial charge < -0.3 is 10.5 Å². The van der Waals surface area contributed by atoms with E-state index in [4.69, 9.17) is 10.5 Å². The van der Waals surface area contributed by atoms with Crippen LogP contribution in [0.4, 0.5) is 0 Å². The Kier molecular flexibility index (Phi) is 3.15. The lowest BCUT2D eigenvalue weighted by Gasteiger charge is -2.32. The van der Waals surface area contributed by atoms with Gasteiger partial charge >= 0.3 is 0 Å². The standard InChI is InChI=1S/C18H20N2O/c19-17(15-11-21-16-9-2-1-7-13(15)16)14-8-3-5-12-6-4-10-20-18(12)14/h1-2,4,6-7,9-10,14-15,17H,3,5,8,11,19H2. The van der Waals surface area contributed by atoms with Crippen LogP contribution in [-0.2, 0) is 6.42 Å². The van der Waals surface area contributed by atoms with Gasteiger partial charge in [-0.2, -0.15) is 0 Å². The van der Waals surface area contributed by atoms with Crippen LogP contribution in [0, 0.1) is 0 Å². The van der Waals surface area contributed by atoms with Crippen LogP contribution in [0.5, 0.6) is 5.75 Å². The number of nitrogens with zero attached hydrogens (tertiary/aromatic N) is 1. The molecule has 3 nitrogen and oxygen atoms in total. The zero-order chi connectivity index (χ0) is 14.2. The van der Waals surface area contributed by atoms with Gasteiger partial charge in [-0.1, -0.05) is 24.3 Å². The number of ether oxygens (including phenoxy) is 1. The van der Waals surface area contributed by atoms with Crippen molar-refractivity contribution in [2.75, 3.05) is 6.61 Å². The molecule has 1 aromatic heterocycles. The normalized spacial score (nSPS) is 24.8. The second-order valence-electron chi connectivity index (χ2n) is 6.08. The molecule has 0 fully saturated rings. The van der Waals surface area contributed by atoms with Gasteiger partial charge in [0.1, 0.15) is 5.75 Å². The first-order valence-electron chi connectivity index (χ1n) is 7.75. The Morgan fingerprint density at radius 2 is 2.05 bits per heavy atom. The predicted octanol–water partition coefficient (Wildman–Crippen LogP) is 3.01. The Bertz CT molecular complexity index is 655. The molecule has 3 atom stereocenters. The number of fused-ring (bicyclic) bond motifs is 2. The molecule has 1 aliphatic heterocycles. The number of pyridine rings is 1. The largest absolute Gasteiger partial charge is 0.493 e. The zero-order valence-electron chi connectivity index (χ0n) is 12.0. The fourth-order valence-corrected chi connectivity index (χ4v) is 3.81. The molecule has 0 spiro atoms. The molecule has 2 aliphatic rings. The highest BCUT2D eigenvalue weighted by molar-refractivity contribution is 5.41. The van der Waals surface area contributed by atoms with Gasteiger partial charge in [0.2, 0.25) is 0 Å². The minimum Gasteiger partial charge on any atom is -0.493 e. The number of nitrogens with two attached hydrogens (primary N) is 1. The van der Waals surface area contributed by atoms with Crippen LogP contribution in [0.3, 0.4) is 0 Å². The van der Waals surface area contributed by atoms with Crippen LogP contribution in [0.1, 0.15) is 41.5 Å². The fraction of sp³-hybridized carbons (Fsp3) is 0.389. The van der Waals surface area contributed by atoms with Crippen molar-refractivity contribution in [3.05, 3.63) is 59.4 Å². The molecule has 21 heavy (non-hydrogen) atoms. The number of aromatic nitrogens is 1. The maximum Gasteiger partial charge on any atom is 0.122 e.